The van der Waals surface area contributed by atoms with Crippen LogP contribution in [-0.4, -0.2) is 11.5 Å². The summed E-state index contributed by atoms with van der Waals surface area (Å²) in [4.78, 5) is 4.25. The zero-order valence-corrected chi connectivity index (χ0v) is 10.3. The van der Waals surface area contributed by atoms with E-state index < -0.39 is 0 Å². The lowest BCUT2D eigenvalue weighted by molar-refractivity contribution is 0.471. The summed E-state index contributed by atoms with van der Waals surface area (Å²) in [6.07, 6.45) is 4.19. The fraction of sp³-hybridized carbons (Fsp3) is 0.364. The van der Waals surface area contributed by atoms with E-state index in [4.69, 9.17) is 4.42 Å². The number of nitrogens with one attached hydrogen (secondary N) is 1. The smallest absolute Gasteiger partial charge is 0.152 e. The average Bonchev–Trinajstić information content (AvgIpc) is 2.86. The molecule has 0 aromatic carbocycles. The van der Waals surface area contributed by atoms with Gasteiger partial charge in [0.05, 0.1) is 6.04 Å². The van der Waals surface area contributed by atoms with Gasteiger partial charge in [0, 0.05) is 12.3 Å². The molecule has 3 heterocycles. The van der Waals surface area contributed by atoms with Crippen molar-refractivity contribution in [2.75, 3.05) is 6.54 Å². The van der Waals surface area contributed by atoms with Crippen LogP contribution in [0.2, 0.25) is 0 Å². The van der Waals surface area contributed by atoms with Crippen molar-refractivity contribution in [3.63, 3.8) is 0 Å². The highest BCUT2D eigenvalue weighted by Crippen LogP contribution is 2.27. The van der Waals surface area contributed by atoms with Gasteiger partial charge in [-0.2, -0.15) is 0 Å². The SMILES string of the molecule is Cl.Cl.c1cnc2cc(C3CCCN3)oc2c1. The van der Waals surface area contributed by atoms with E-state index >= 15 is 0 Å². The van der Waals surface area contributed by atoms with Crippen molar-refractivity contribution < 1.29 is 4.42 Å². The van der Waals surface area contributed by atoms with Crippen LogP contribution in [-0.2, 0) is 0 Å². The molecule has 16 heavy (non-hydrogen) atoms. The average molecular weight is 261 g/mol. The molecule has 0 amide bonds. The van der Waals surface area contributed by atoms with E-state index in [2.05, 4.69) is 10.3 Å². The zero-order valence-electron chi connectivity index (χ0n) is 8.68. The van der Waals surface area contributed by atoms with Crippen LogP contribution in [0.1, 0.15) is 24.6 Å². The van der Waals surface area contributed by atoms with E-state index in [1.54, 1.807) is 6.20 Å². The van der Waals surface area contributed by atoms with Crippen molar-refractivity contribution in [1.82, 2.24) is 10.3 Å². The van der Waals surface area contributed by atoms with Crippen LogP contribution in [0, 0.1) is 0 Å². The van der Waals surface area contributed by atoms with Crippen molar-refractivity contribution >= 4 is 35.9 Å². The van der Waals surface area contributed by atoms with E-state index in [9.17, 15) is 0 Å². The quantitative estimate of drug-likeness (QED) is 0.857. The second-order valence-corrected chi connectivity index (χ2v) is 3.68. The fourth-order valence-corrected chi connectivity index (χ4v) is 1.99. The molecule has 88 valence electrons. The first-order valence-corrected chi connectivity index (χ1v) is 5.01. The largest absolute Gasteiger partial charge is 0.458 e. The summed E-state index contributed by atoms with van der Waals surface area (Å²) >= 11 is 0. The molecule has 1 atom stereocenters. The molecule has 0 spiro atoms. The molecule has 2 aromatic heterocycles. The molecule has 0 aliphatic carbocycles. The number of nitrogens with zero attached hydrogens (tertiary/aromatic N) is 1. The number of aromatic nitrogens is 1. The maximum atomic E-state index is 5.73. The summed E-state index contributed by atoms with van der Waals surface area (Å²) in [7, 11) is 0. The first-order valence-electron chi connectivity index (χ1n) is 5.01. The van der Waals surface area contributed by atoms with E-state index in [0.717, 1.165) is 23.4 Å². The molecule has 3 nitrogen and oxygen atoms in total. The highest BCUT2D eigenvalue weighted by atomic mass is 35.5. The van der Waals surface area contributed by atoms with Gasteiger partial charge in [0.15, 0.2) is 5.58 Å². The molecule has 2 aromatic rings. The van der Waals surface area contributed by atoms with Gasteiger partial charge in [-0.1, -0.05) is 0 Å². The van der Waals surface area contributed by atoms with Gasteiger partial charge in [-0.3, -0.25) is 4.98 Å². The van der Waals surface area contributed by atoms with Gasteiger partial charge < -0.3 is 9.73 Å². The summed E-state index contributed by atoms with van der Waals surface area (Å²) in [6.45, 7) is 1.09. The van der Waals surface area contributed by atoms with Gasteiger partial charge in [0.25, 0.3) is 0 Å². The van der Waals surface area contributed by atoms with Gasteiger partial charge in [0.2, 0.25) is 0 Å². The van der Waals surface area contributed by atoms with Crippen molar-refractivity contribution in [1.29, 1.82) is 0 Å². The van der Waals surface area contributed by atoms with Gasteiger partial charge in [-0.05, 0) is 31.5 Å². The second-order valence-electron chi connectivity index (χ2n) is 3.68. The number of hydrogen-bond acceptors (Lipinski definition) is 3. The Balaban J connectivity index is 0.000000640. The Labute approximate surface area is 106 Å². The first kappa shape index (κ1) is 13.3. The number of furan rings is 1. The summed E-state index contributed by atoms with van der Waals surface area (Å²) in [5.41, 5.74) is 1.84. The van der Waals surface area contributed by atoms with Crippen LogP contribution in [0.3, 0.4) is 0 Å². The third-order valence-corrected chi connectivity index (χ3v) is 2.71. The number of fused-ring (bicyclic) bond motifs is 1. The third kappa shape index (κ3) is 2.32. The van der Waals surface area contributed by atoms with E-state index in [0.29, 0.717) is 6.04 Å². The number of pyridine rings is 1. The molecule has 3 rings (SSSR count). The zero-order chi connectivity index (χ0) is 9.38. The normalized spacial score (nSPS) is 19.1. The maximum Gasteiger partial charge on any atom is 0.152 e. The molecule has 1 fully saturated rings. The second kappa shape index (κ2) is 5.53. The number of halogens is 2. The lowest BCUT2D eigenvalue weighted by atomic mass is 10.2. The maximum absolute atomic E-state index is 5.73. The summed E-state index contributed by atoms with van der Waals surface area (Å²) in [6, 6.07) is 6.29. The first-order chi connectivity index (χ1) is 6.93. The highest BCUT2D eigenvalue weighted by Gasteiger charge is 2.19. The number of hydrogen-bond donors (Lipinski definition) is 1. The minimum Gasteiger partial charge on any atom is -0.458 e. The van der Waals surface area contributed by atoms with Crippen LogP contribution in [0.15, 0.2) is 28.8 Å². The molecule has 0 radical (unpaired) electrons. The van der Waals surface area contributed by atoms with Crippen LogP contribution in [0.25, 0.3) is 11.1 Å². The highest BCUT2D eigenvalue weighted by molar-refractivity contribution is 5.85. The molecule has 1 N–H and O–H groups in total. The topological polar surface area (TPSA) is 38.1 Å². The van der Waals surface area contributed by atoms with Gasteiger partial charge in [-0.25, -0.2) is 0 Å². The van der Waals surface area contributed by atoms with E-state index in [1.807, 2.05) is 18.2 Å². The summed E-state index contributed by atoms with van der Waals surface area (Å²) in [5.74, 6) is 1.02. The summed E-state index contributed by atoms with van der Waals surface area (Å²) < 4.78 is 5.73. The molecule has 1 saturated heterocycles. The monoisotopic (exact) mass is 260 g/mol. The van der Waals surface area contributed by atoms with Crippen LogP contribution >= 0.6 is 24.8 Å². The minimum absolute atomic E-state index is 0. The fourth-order valence-electron chi connectivity index (χ4n) is 1.99. The van der Waals surface area contributed by atoms with Crippen LogP contribution in [0.5, 0.6) is 0 Å². The molecule has 1 unspecified atom stereocenters. The Kier molecular flexibility index (Phi) is 4.59. The molecule has 5 heteroatoms. The van der Waals surface area contributed by atoms with Gasteiger partial charge in [-0.15, -0.1) is 24.8 Å². The Hall–Kier alpha value is -0.770. The Morgan fingerprint density at radius 3 is 2.94 bits per heavy atom. The Morgan fingerprint density at radius 1 is 1.38 bits per heavy atom. The predicted molar refractivity (Wildman–Crippen MR) is 68.5 cm³/mol. The van der Waals surface area contributed by atoms with Gasteiger partial charge >= 0.3 is 0 Å². The Morgan fingerprint density at radius 2 is 2.25 bits per heavy atom. The Bertz CT molecular complexity index is 419. The molecule has 0 saturated carbocycles. The molecular weight excluding hydrogens is 247 g/mol. The van der Waals surface area contributed by atoms with Crippen molar-refractivity contribution in [2.24, 2.45) is 0 Å². The summed E-state index contributed by atoms with van der Waals surface area (Å²) in [5, 5.41) is 3.41. The van der Waals surface area contributed by atoms with Crippen molar-refractivity contribution in [2.45, 2.75) is 18.9 Å². The van der Waals surface area contributed by atoms with Crippen molar-refractivity contribution in [3.8, 4) is 0 Å². The lowest BCUT2D eigenvalue weighted by Gasteiger charge is -2.04. The van der Waals surface area contributed by atoms with E-state index in [1.165, 1.54) is 12.8 Å². The molecule has 0 bridgehead atoms. The minimum atomic E-state index is 0. The van der Waals surface area contributed by atoms with Gasteiger partial charge in [0.1, 0.15) is 11.3 Å². The van der Waals surface area contributed by atoms with Crippen LogP contribution in [0.4, 0.5) is 0 Å². The third-order valence-electron chi connectivity index (χ3n) is 2.71. The predicted octanol–water partition coefficient (Wildman–Crippen LogP) is 3.10. The standard InChI is InChI=1S/C11H12N2O.2ClH/c1-3-8(12-5-1)11-7-9-10(14-11)4-2-6-13-9;;/h2,4,6-8,12H,1,3,5H2;2*1H. The lowest BCUT2D eigenvalue weighted by Crippen LogP contribution is -2.11. The van der Waals surface area contributed by atoms with Crippen molar-refractivity contribution in [3.05, 3.63) is 30.2 Å². The van der Waals surface area contributed by atoms with E-state index in [-0.39, 0.29) is 24.8 Å². The molecular formula is C11H14Cl2N2O. The molecule has 1 aliphatic heterocycles. The van der Waals surface area contributed by atoms with Crippen LogP contribution < -0.4 is 5.32 Å². The molecule has 1 aliphatic rings. The number of rotatable bonds is 1.